The van der Waals surface area contributed by atoms with Crippen molar-refractivity contribution in [2.75, 3.05) is 18.5 Å². The molecule has 0 bridgehead atoms. The first-order valence-electron chi connectivity index (χ1n) is 12.2. The highest BCUT2D eigenvalue weighted by molar-refractivity contribution is 7.89. The van der Waals surface area contributed by atoms with Crippen LogP contribution in [0.15, 0.2) is 87.6 Å². The molecule has 0 aliphatic carbocycles. The lowest BCUT2D eigenvalue weighted by molar-refractivity contribution is -0.384. The van der Waals surface area contributed by atoms with Crippen LogP contribution in [0, 0.1) is 10.1 Å². The summed E-state index contributed by atoms with van der Waals surface area (Å²) < 4.78 is 28.3. The van der Waals surface area contributed by atoms with Gasteiger partial charge in [0.05, 0.1) is 28.1 Å². The Balaban J connectivity index is 1.50. The Bertz CT molecular complexity index is 1750. The Morgan fingerprint density at radius 1 is 1.00 bits per heavy atom. The van der Waals surface area contributed by atoms with Crippen LogP contribution in [-0.4, -0.2) is 46.6 Å². The maximum Gasteiger partial charge on any atom is 0.295 e. The Morgan fingerprint density at radius 3 is 2.36 bits per heavy atom. The molecule has 4 aromatic rings. The SMILES string of the molecule is O=c1c2ccccc2c(C=NNc2ccc(S(=O)(=O)N3CCCC3)cc2[N+](=O)[O-])c(O)n1Cc1ccccc1. The topological polar surface area (TPSA) is 147 Å². The normalized spacial score (nSPS) is 14.3. The van der Waals surface area contributed by atoms with E-state index in [4.69, 9.17) is 0 Å². The van der Waals surface area contributed by atoms with E-state index in [1.807, 2.05) is 30.3 Å². The summed E-state index contributed by atoms with van der Waals surface area (Å²) in [5.41, 5.74) is 2.77. The van der Waals surface area contributed by atoms with Crippen LogP contribution in [0.1, 0.15) is 24.0 Å². The molecule has 3 aromatic carbocycles. The molecule has 0 unspecified atom stereocenters. The molecular formula is C27H25N5O6S. The number of hydrogen-bond donors (Lipinski definition) is 2. The van der Waals surface area contributed by atoms with E-state index < -0.39 is 20.6 Å². The van der Waals surface area contributed by atoms with Crippen LogP contribution < -0.4 is 11.0 Å². The van der Waals surface area contributed by atoms with Crippen LogP contribution in [0.3, 0.4) is 0 Å². The summed E-state index contributed by atoms with van der Waals surface area (Å²) in [5, 5.41) is 27.8. The van der Waals surface area contributed by atoms with Gasteiger partial charge in [0, 0.05) is 29.9 Å². The second-order valence-corrected chi connectivity index (χ2v) is 11.0. The summed E-state index contributed by atoms with van der Waals surface area (Å²) >= 11 is 0. The lowest BCUT2D eigenvalue weighted by atomic mass is 10.1. The Labute approximate surface area is 223 Å². The number of benzene rings is 3. The van der Waals surface area contributed by atoms with Gasteiger partial charge in [-0.05, 0) is 36.6 Å². The fraction of sp³-hybridized carbons (Fsp3) is 0.185. The van der Waals surface area contributed by atoms with Gasteiger partial charge >= 0.3 is 0 Å². The van der Waals surface area contributed by atoms with Gasteiger partial charge in [0.1, 0.15) is 5.69 Å². The first-order valence-corrected chi connectivity index (χ1v) is 13.7. The van der Waals surface area contributed by atoms with Crippen molar-refractivity contribution in [3.63, 3.8) is 0 Å². The van der Waals surface area contributed by atoms with Crippen LogP contribution in [0.25, 0.3) is 10.8 Å². The smallest absolute Gasteiger partial charge is 0.295 e. The molecule has 1 saturated heterocycles. The van der Waals surface area contributed by atoms with Crippen molar-refractivity contribution in [3.05, 3.63) is 104 Å². The molecule has 12 heteroatoms. The molecule has 11 nitrogen and oxygen atoms in total. The number of aromatic nitrogens is 1. The van der Waals surface area contributed by atoms with Gasteiger partial charge in [-0.15, -0.1) is 0 Å². The molecule has 200 valence electrons. The Hall–Kier alpha value is -4.55. The summed E-state index contributed by atoms with van der Waals surface area (Å²) in [5.74, 6) is -0.311. The van der Waals surface area contributed by atoms with Gasteiger partial charge in [-0.2, -0.15) is 9.41 Å². The van der Waals surface area contributed by atoms with Crippen molar-refractivity contribution in [1.82, 2.24) is 8.87 Å². The third-order valence-corrected chi connectivity index (χ3v) is 8.51. The van der Waals surface area contributed by atoms with Crippen LogP contribution in [0.2, 0.25) is 0 Å². The Morgan fingerprint density at radius 2 is 1.67 bits per heavy atom. The summed E-state index contributed by atoms with van der Waals surface area (Å²) in [7, 11) is -3.84. The first-order chi connectivity index (χ1) is 18.8. The average Bonchev–Trinajstić information content (AvgIpc) is 3.50. The number of nitrogens with one attached hydrogen (secondary N) is 1. The number of fused-ring (bicyclic) bond motifs is 1. The number of anilines is 1. The van der Waals surface area contributed by atoms with E-state index in [-0.39, 0.29) is 34.1 Å². The van der Waals surface area contributed by atoms with Crippen LogP contribution >= 0.6 is 0 Å². The highest BCUT2D eigenvalue weighted by atomic mass is 32.2. The third kappa shape index (κ3) is 5.11. The van der Waals surface area contributed by atoms with E-state index in [0.29, 0.717) is 23.9 Å². The van der Waals surface area contributed by atoms with E-state index in [0.717, 1.165) is 24.5 Å². The molecule has 0 spiro atoms. The molecule has 1 fully saturated rings. The molecule has 1 aromatic heterocycles. The summed E-state index contributed by atoms with van der Waals surface area (Å²) in [4.78, 5) is 24.1. The first kappa shape index (κ1) is 26.1. The molecule has 0 saturated carbocycles. The van der Waals surface area contributed by atoms with E-state index in [9.17, 15) is 28.4 Å². The summed E-state index contributed by atoms with van der Waals surface area (Å²) in [6.07, 6.45) is 2.77. The maximum atomic E-state index is 13.1. The van der Waals surface area contributed by atoms with E-state index in [1.165, 1.54) is 27.2 Å². The minimum atomic E-state index is -3.84. The zero-order valence-electron chi connectivity index (χ0n) is 20.7. The predicted octanol–water partition coefficient (Wildman–Crippen LogP) is 3.89. The number of nitrogens with zero attached hydrogens (tertiary/aromatic N) is 4. The molecular weight excluding hydrogens is 522 g/mol. The van der Waals surface area contributed by atoms with Crippen molar-refractivity contribution in [2.24, 2.45) is 5.10 Å². The lowest BCUT2D eigenvalue weighted by Crippen LogP contribution is -2.27. The molecule has 0 atom stereocenters. The highest BCUT2D eigenvalue weighted by Crippen LogP contribution is 2.30. The van der Waals surface area contributed by atoms with Crippen molar-refractivity contribution in [1.29, 1.82) is 0 Å². The molecule has 0 amide bonds. The fourth-order valence-electron chi connectivity index (χ4n) is 4.61. The van der Waals surface area contributed by atoms with Gasteiger partial charge in [-0.1, -0.05) is 48.5 Å². The molecule has 5 rings (SSSR count). The number of hydrogen-bond acceptors (Lipinski definition) is 8. The number of nitro groups is 1. The minimum absolute atomic E-state index is 0.0296. The van der Waals surface area contributed by atoms with Crippen molar-refractivity contribution in [3.8, 4) is 5.88 Å². The average molecular weight is 548 g/mol. The Kier molecular flexibility index (Phi) is 7.13. The number of nitro benzene ring substituents is 1. The minimum Gasteiger partial charge on any atom is -0.494 e. The number of sulfonamides is 1. The van der Waals surface area contributed by atoms with Crippen LogP contribution in [-0.2, 0) is 16.6 Å². The monoisotopic (exact) mass is 547 g/mol. The highest BCUT2D eigenvalue weighted by Gasteiger charge is 2.29. The van der Waals surface area contributed by atoms with E-state index in [2.05, 4.69) is 10.5 Å². The lowest BCUT2D eigenvalue weighted by Gasteiger charge is -2.15. The quantitative estimate of drug-likeness (QED) is 0.193. The van der Waals surface area contributed by atoms with Crippen molar-refractivity contribution in [2.45, 2.75) is 24.3 Å². The summed E-state index contributed by atoms with van der Waals surface area (Å²) in [6, 6.07) is 19.5. The van der Waals surface area contributed by atoms with Gasteiger partial charge < -0.3 is 5.11 Å². The van der Waals surface area contributed by atoms with Gasteiger partial charge in [-0.25, -0.2) is 8.42 Å². The van der Waals surface area contributed by atoms with Crippen LogP contribution in [0.4, 0.5) is 11.4 Å². The second kappa shape index (κ2) is 10.7. The van der Waals surface area contributed by atoms with E-state index >= 15 is 0 Å². The number of aromatic hydroxyl groups is 1. The van der Waals surface area contributed by atoms with Gasteiger partial charge in [-0.3, -0.25) is 24.9 Å². The third-order valence-electron chi connectivity index (χ3n) is 6.62. The van der Waals surface area contributed by atoms with Crippen molar-refractivity contribution < 1.29 is 18.4 Å². The molecule has 1 aliphatic heterocycles. The zero-order chi connectivity index (χ0) is 27.6. The van der Waals surface area contributed by atoms with Gasteiger partial charge in [0.25, 0.3) is 11.2 Å². The number of hydrazone groups is 1. The molecule has 39 heavy (non-hydrogen) atoms. The van der Waals surface area contributed by atoms with Gasteiger partial charge in [0.2, 0.25) is 15.9 Å². The standard InChI is InChI=1S/C27H25N5O6S/c33-26-22-11-5-4-10-21(22)23(27(34)31(26)18-19-8-2-1-3-9-19)17-28-29-24-13-12-20(16-25(24)32(35)36)39(37,38)30-14-6-7-15-30/h1-5,8-13,16-17,29,34H,6-7,14-15,18H2. The maximum absolute atomic E-state index is 13.1. The summed E-state index contributed by atoms with van der Waals surface area (Å²) in [6.45, 7) is 0.887. The predicted molar refractivity (Wildman–Crippen MR) is 148 cm³/mol. The molecule has 2 N–H and O–H groups in total. The van der Waals surface area contributed by atoms with Crippen molar-refractivity contribution >= 4 is 38.4 Å². The fourth-order valence-corrected chi connectivity index (χ4v) is 6.15. The van der Waals surface area contributed by atoms with E-state index in [1.54, 1.807) is 24.3 Å². The number of rotatable bonds is 8. The molecule has 2 heterocycles. The number of pyridine rings is 1. The zero-order valence-corrected chi connectivity index (χ0v) is 21.5. The second-order valence-electron chi connectivity index (χ2n) is 9.08. The molecule has 0 radical (unpaired) electrons. The largest absolute Gasteiger partial charge is 0.494 e. The molecule has 1 aliphatic rings. The van der Waals surface area contributed by atoms with Crippen LogP contribution in [0.5, 0.6) is 5.88 Å². The van der Waals surface area contributed by atoms with Gasteiger partial charge in [0.15, 0.2) is 0 Å².